The van der Waals surface area contributed by atoms with Gasteiger partial charge in [-0.2, -0.15) is 0 Å². The summed E-state index contributed by atoms with van der Waals surface area (Å²) >= 11 is 3.43. The highest BCUT2D eigenvalue weighted by atomic mass is 79.9. The van der Waals surface area contributed by atoms with Gasteiger partial charge in [-0.05, 0) is 37.3 Å². The van der Waals surface area contributed by atoms with Crippen molar-refractivity contribution in [2.24, 2.45) is 0 Å². The standard InChI is InChI=1S/C19H19BrN2O4/c1-13(23)14-5-6-18(19(11-14)22(24)25)21-9-7-16(8-10-21)26-17-4-2-3-15(20)12-17/h2-6,11-12,16H,7-10H2,1H3. The van der Waals surface area contributed by atoms with E-state index in [4.69, 9.17) is 4.74 Å². The SMILES string of the molecule is CC(=O)c1ccc(N2CCC(Oc3cccc(Br)c3)CC2)c([N+](=O)[O-])c1. The molecule has 0 aliphatic carbocycles. The fourth-order valence-corrected chi connectivity index (χ4v) is 3.48. The van der Waals surface area contributed by atoms with Crippen LogP contribution in [0.5, 0.6) is 5.75 Å². The Morgan fingerprint density at radius 1 is 1.23 bits per heavy atom. The molecule has 0 N–H and O–H groups in total. The molecule has 1 aliphatic rings. The maximum atomic E-state index is 11.5. The number of carbonyl (C=O) groups is 1. The molecule has 3 rings (SSSR count). The zero-order chi connectivity index (χ0) is 18.7. The first-order valence-corrected chi connectivity index (χ1v) is 9.20. The van der Waals surface area contributed by atoms with Crippen LogP contribution in [-0.4, -0.2) is 29.9 Å². The molecule has 0 spiro atoms. The second-order valence-electron chi connectivity index (χ2n) is 6.28. The molecule has 0 amide bonds. The molecular weight excluding hydrogens is 400 g/mol. The van der Waals surface area contributed by atoms with E-state index in [9.17, 15) is 14.9 Å². The summed E-state index contributed by atoms with van der Waals surface area (Å²) < 4.78 is 6.98. The van der Waals surface area contributed by atoms with Crippen LogP contribution in [0.4, 0.5) is 11.4 Å². The van der Waals surface area contributed by atoms with Crippen LogP contribution in [0.3, 0.4) is 0 Å². The number of ketones is 1. The Morgan fingerprint density at radius 3 is 2.58 bits per heavy atom. The Hall–Kier alpha value is -2.41. The zero-order valence-electron chi connectivity index (χ0n) is 14.4. The fourth-order valence-electron chi connectivity index (χ4n) is 3.10. The molecule has 6 nitrogen and oxygen atoms in total. The lowest BCUT2D eigenvalue weighted by atomic mass is 10.0. The number of rotatable bonds is 5. The largest absolute Gasteiger partial charge is 0.490 e. The van der Waals surface area contributed by atoms with Gasteiger partial charge in [0.05, 0.1) is 4.92 Å². The number of Topliss-reactive ketones (excluding diaryl/α,β-unsaturated/α-hetero) is 1. The number of piperidine rings is 1. The quantitative estimate of drug-likeness (QED) is 0.402. The molecule has 136 valence electrons. The molecule has 0 aromatic heterocycles. The third kappa shape index (κ3) is 4.22. The van der Waals surface area contributed by atoms with Crippen LogP contribution in [0.2, 0.25) is 0 Å². The van der Waals surface area contributed by atoms with Crippen molar-refractivity contribution in [3.63, 3.8) is 0 Å². The summed E-state index contributed by atoms with van der Waals surface area (Å²) in [7, 11) is 0. The van der Waals surface area contributed by atoms with Crippen LogP contribution < -0.4 is 9.64 Å². The summed E-state index contributed by atoms with van der Waals surface area (Å²) in [6.45, 7) is 2.74. The van der Waals surface area contributed by atoms with E-state index in [1.807, 2.05) is 29.2 Å². The summed E-state index contributed by atoms with van der Waals surface area (Å²) in [4.78, 5) is 24.5. The van der Waals surface area contributed by atoms with Gasteiger partial charge in [0.15, 0.2) is 5.78 Å². The topological polar surface area (TPSA) is 72.7 Å². The van der Waals surface area contributed by atoms with E-state index < -0.39 is 4.92 Å². The zero-order valence-corrected chi connectivity index (χ0v) is 15.9. The Morgan fingerprint density at radius 2 is 1.96 bits per heavy atom. The van der Waals surface area contributed by atoms with E-state index in [0.717, 1.165) is 23.1 Å². The predicted molar refractivity (Wildman–Crippen MR) is 103 cm³/mol. The molecule has 0 atom stereocenters. The van der Waals surface area contributed by atoms with E-state index in [1.54, 1.807) is 12.1 Å². The molecule has 2 aromatic carbocycles. The lowest BCUT2D eigenvalue weighted by Gasteiger charge is -2.33. The number of nitrogens with zero attached hydrogens (tertiary/aromatic N) is 2. The van der Waals surface area contributed by atoms with Crippen LogP contribution in [0.15, 0.2) is 46.9 Å². The number of hydrogen-bond acceptors (Lipinski definition) is 5. The van der Waals surface area contributed by atoms with E-state index >= 15 is 0 Å². The first-order valence-electron chi connectivity index (χ1n) is 8.40. The van der Waals surface area contributed by atoms with Gasteiger partial charge in [0.2, 0.25) is 0 Å². The summed E-state index contributed by atoms with van der Waals surface area (Å²) in [6, 6.07) is 12.4. The molecule has 26 heavy (non-hydrogen) atoms. The van der Waals surface area contributed by atoms with E-state index in [2.05, 4.69) is 15.9 Å². The third-order valence-electron chi connectivity index (χ3n) is 4.46. The van der Waals surface area contributed by atoms with Crippen LogP contribution in [-0.2, 0) is 0 Å². The number of benzene rings is 2. The van der Waals surface area contributed by atoms with E-state index in [1.165, 1.54) is 13.0 Å². The highest BCUT2D eigenvalue weighted by Gasteiger charge is 2.26. The average molecular weight is 419 g/mol. The molecule has 7 heteroatoms. The summed E-state index contributed by atoms with van der Waals surface area (Å²) in [5.41, 5.74) is 0.887. The second kappa shape index (κ2) is 7.86. The van der Waals surface area contributed by atoms with E-state index in [0.29, 0.717) is 24.3 Å². The Kier molecular flexibility index (Phi) is 5.56. The molecule has 0 bridgehead atoms. The molecule has 1 heterocycles. The minimum absolute atomic E-state index is 0.0240. The molecule has 1 fully saturated rings. The number of nitro benzene ring substituents is 1. The summed E-state index contributed by atoms with van der Waals surface area (Å²) in [5.74, 6) is 0.635. The van der Waals surface area contributed by atoms with Gasteiger partial charge < -0.3 is 9.64 Å². The molecule has 2 aromatic rings. The Bertz CT molecular complexity index is 832. The molecule has 0 unspecified atom stereocenters. The highest BCUT2D eigenvalue weighted by Crippen LogP contribution is 2.32. The molecule has 1 aliphatic heterocycles. The van der Waals surface area contributed by atoms with Crippen molar-refractivity contribution in [2.75, 3.05) is 18.0 Å². The maximum absolute atomic E-state index is 11.5. The number of anilines is 1. The van der Waals surface area contributed by atoms with Crippen LogP contribution in [0.25, 0.3) is 0 Å². The van der Waals surface area contributed by atoms with Crippen molar-refractivity contribution >= 4 is 33.1 Å². The number of carbonyl (C=O) groups excluding carboxylic acids is 1. The van der Waals surface area contributed by atoms with Crippen LogP contribution in [0.1, 0.15) is 30.1 Å². The minimum atomic E-state index is -0.425. The molecular formula is C19H19BrN2O4. The van der Waals surface area contributed by atoms with Crippen molar-refractivity contribution in [3.8, 4) is 5.75 Å². The van der Waals surface area contributed by atoms with Gasteiger partial charge in [0.25, 0.3) is 5.69 Å². The van der Waals surface area contributed by atoms with Gasteiger partial charge in [-0.25, -0.2) is 0 Å². The predicted octanol–water partition coefficient (Wildman–Crippen LogP) is 4.61. The molecule has 0 radical (unpaired) electrons. The molecule has 1 saturated heterocycles. The van der Waals surface area contributed by atoms with Gasteiger partial charge in [-0.1, -0.05) is 22.0 Å². The van der Waals surface area contributed by atoms with Gasteiger partial charge in [0.1, 0.15) is 17.5 Å². The van der Waals surface area contributed by atoms with Crippen molar-refractivity contribution in [1.29, 1.82) is 0 Å². The van der Waals surface area contributed by atoms with Crippen LogP contribution >= 0.6 is 15.9 Å². The third-order valence-corrected chi connectivity index (χ3v) is 4.95. The monoisotopic (exact) mass is 418 g/mol. The lowest BCUT2D eigenvalue weighted by Crippen LogP contribution is -2.38. The van der Waals surface area contributed by atoms with Crippen molar-refractivity contribution in [2.45, 2.75) is 25.9 Å². The number of nitro groups is 1. The maximum Gasteiger partial charge on any atom is 0.293 e. The fraction of sp³-hybridized carbons (Fsp3) is 0.316. The lowest BCUT2D eigenvalue weighted by molar-refractivity contribution is -0.384. The second-order valence-corrected chi connectivity index (χ2v) is 7.19. The first kappa shape index (κ1) is 18.4. The van der Waals surface area contributed by atoms with Gasteiger partial charge in [0, 0.05) is 42.0 Å². The smallest absolute Gasteiger partial charge is 0.293 e. The van der Waals surface area contributed by atoms with Crippen molar-refractivity contribution in [3.05, 3.63) is 62.6 Å². The van der Waals surface area contributed by atoms with Crippen molar-refractivity contribution < 1.29 is 14.5 Å². The van der Waals surface area contributed by atoms with Crippen LogP contribution in [0, 0.1) is 10.1 Å². The first-order chi connectivity index (χ1) is 12.4. The Balaban J connectivity index is 1.69. The van der Waals surface area contributed by atoms with Crippen molar-refractivity contribution in [1.82, 2.24) is 0 Å². The van der Waals surface area contributed by atoms with Gasteiger partial charge >= 0.3 is 0 Å². The van der Waals surface area contributed by atoms with E-state index in [-0.39, 0.29) is 17.6 Å². The number of hydrogen-bond donors (Lipinski definition) is 0. The number of ether oxygens (including phenoxy) is 1. The summed E-state index contributed by atoms with van der Waals surface area (Å²) in [5, 5.41) is 11.4. The normalized spacial score (nSPS) is 14.9. The van der Waals surface area contributed by atoms with Gasteiger partial charge in [-0.15, -0.1) is 0 Å². The highest BCUT2D eigenvalue weighted by molar-refractivity contribution is 9.10. The minimum Gasteiger partial charge on any atom is -0.490 e. The summed E-state index contributed by atoms with van der Waals surface area (Å²) in [6.07, 6.45) is 1.63. The molecule has 0 saturated carbocycles. The Labute approximate surface area is 160 Å². The van der Waals surface area contributed by atoms with Gasteiger partial charge in [-0.3, -0.25) is 14.9 Å². The number of halogens is 1. The average Bonchev–Trinajstić information content (AvgIpc) is 2.62.